The Morgan fingerprint density at radius 3 is 2.48 bits per heavy atom. The fourth-order valence-electron chi connectivity index (χ4n) is 2.95. The van der Waals surface area contributed by atoms with E-state index >= 15 is 0 Å². The largest absolute Gasteiger partial charge is 0.495 e. The van der Waals surface area contributed by atoms with Crippen LogP contribution in [0.3, 0.4) is 0 Å². The standard InChI is InChI=1S/C20H14N4OS.C2HF3O2/c1-25-14-8-13(10-21-11-14)12-6-7-17-18(9-12)26-20(24-17)19-22-15-4-2-3-5-16(15)23-19;3-2(4,5)1(6)7/h2-11H,1H3,(H,22,23);(H,6,7). The zero-order valence-corrected chi connectivity index (χ0v) is 17.7. The maximum atomic E-state index is 10.6. The molecule has 2 aromatic carbocycles. The van der Waals surface area contributed by atoms with Crippen LogP contribution in [0.25, 0.3) is 43.2 Å². The number of rotatable bonds is 3. The Morgan fingerprint density at radius 1 is 1.03 bits per heavy atom. The Labute approximate surface area is 188 Å². The number of halogens is 3. The number of benzene rings is 2. The summed E-state index contributed by atoms with van der Waals surface area (Å²) in [6, 6.07) is 16.2. The highest BCUT2D eigenvalue weighted by atomic mass is 32.1. The number of carboxylic acids is 1. The molecule has 7 nitrogen and oxygen atoms in total. The van der Waals surface area contributed by atoms with E-state index in [-0.39, 0.29) is 0 Å². The Balaban J connectivity index is 0.000000325. The number of ether oxygens (including phenoxy) is 1. The second kappa shape index (κ2) is 8.87. The SMILES string of the molecule is COc1cncc(-c2ccc3nc(-c4nc5ccccc5[nH]4)sc3c2)c1.O=C(O)C(F)(F)F. The molecule has 168 valence electrons. The van der Waals surface area contributed by atoms with Gasteiger partial charge in [-0.25, -0.2) is 14.8 Å². The monoisotopic (exact) mass is 472 g/mol. The van der Waals surface area contributed by atoms with Crippen LogP contribution < -0.4 is 4.74 Å². The van der Waals surface area contributed by atoms with Crippen molar-refractivity contribution in [1.29, 1.82) is 0 Å². The molecule has 0 saturated heterocycles. The average molecular weight is 472 g/mol. The maximum Gasteiger partial charge on any atom is 0.490 e. The number of hydrogen-bond acceptors (Lipinski definition) is 6. The molecule has 0 aliphatic heterocycles. The third kappa shape index (κ3) is 4.93. The van der Waals surface area contributed by atoms with E-state index in [4.69, 9.17) is 19.6 Å². The van der Waals surface area contributed by atoms with Crippen molar-refractivity contribution in [2.75, 3.05) is 7.11 Å². The molecule has 3 heterocycles. The quantitative estimate of drug-likeness (QED) is 0.357. The number of thiazole rings is 1. The van der Waals surface area contributed by atoms with E-state index in [0.717, 1.165) is 49.0 Å². The molecule has 0 amide bonds. The van der Waals surface area contributed by atoms with Crippen molar-refractivity contribution in [3.8, 4) is 27.7 Å². The number of methoxy groups -OCH3 is 1. The second-order valence-corrected chi connectivity index (χ2v) is 7.75. The van der Waals surface area contributed by atoms with Crippen LogP contribution in [0.2, 0.25) is 0 Å². The van der Waals surface area contributed by atoms with Gasteiger partial charge in [0.25, 0.3) is 0 Å². The highest BCUT2D eigenvalue weighted by Gasteiger charge is 2.38. The number of nitrogens with one attached hydrogen (secondary N) is 1. The van der Waals surface area contributed by atoms with Gasteiger partial charge in [0.15, 0.2) is 10.8 Å². The molecule has 0 bridgehead atoms. The number of aromatic nitrogens is 4. The number of aromatic amines is 1. The van der Waals surface area contributed by atoms with Crippen molar-refractivity contribution in [1.82, 2.24) is 19.9 Å². The van der Waals surface area contributed by atoms with E-state index in [2.05, 4.69) is 27.1 Å². The summed E-state index contributed by atoms with van der Waals surface area (Å²) in [5.74, 6) is -1.21. The predicted octanol–water partition coefficient (Wildman–Crippen LogP) is 5.54. The summed E-state index contributed by atoms with van der Waals surface area (Å²) in [5.41, 5.74) is 5.04. The number of para-hydroxylation sites is 2. The lowest BCUT2D eigenvalue weighted by Gasteiger charge is -2.03. The molecule has 0 aliphatic rings. The van der Waals surface area contributed by atoms with Gasteiger partial charge < -0.3 is 14.8 Å². The summed E-state index contributed by atoms with van der Waals surface area (Å²) >= 11 is 1.63. The van der Waals surface area contributed by atoms with Crippen LogP contribution in [-0.2, 0) is 4.79 Å². The molecule has 3 aromatic heterocycles. The fraction of sp³-hybridized carbons (Fsp3) is 0.0909. The molecule has 0 fully saturated rings. The highest BCUT2D eigenvalue weighted by Crippen LogP contribution is 2.33. The van der Waals surface area contributed by atoms with Crippen LogP contribution in [0.1, 0.15) is 0 Å². The number of carbonyl (C=O) groups is 1. The third-order valence-electron chi connectivity index (χ3n) is 4.51. The summed E-state index contributed by atoms with van der Waals surface area (Å²) in [5, 5.41) is 8.01. The van der Waals surface area contributed by atoms with Crippen LogP contribution in [0.5, 0.6) is 5.75 Å². The van der Waals surface area contributed by atoms with Gasteiger partial charge in [0.2, 0.25) is 0 Å². The number of aliphatic carboxylic acids is 1. The van der Waals surface area contributed by atoms with Crippen molar-refractivity contribution in [2.24, 2.45) is 0 Å². The number of fused-ring (bicyclic) bond motifs is 2. The zero-order chi connectivity index (χ0) is 23.6. The third-order valence-corrected chi connectivity index (χ3v) is 5.53. The molecule has 0 saturated carbocycles. The molecule has 0 radical (unpaired) electrons. The topological polar surface area (TPSA) is 101 Å². The van der Waals surface area contributed by atoms with Crippen LogP contribution in [0.4, 0.5) is 13.2 Å². The van der Waals surface area contributed by atoms with E-state index in [1.54, 1.807) is 24.6 Å². The number of pyridine rings is 1. The molecule has 0 spiro atoms. The smallest absolute Gasteiger partial charge is 0.490 e. The molecule has 0 unspecified atom stereocenters. The molecule has 5 aromatic rings. The van der Waals surface area contributed by atoms with Gasteiger partial charge in [0.05, 0.1) is 34.6 Å². The number of hydrogen-bond donors (Lipinski definition) is 2. The van der Waals surface area contributed by atoms with Gasteiger partial charge in [-0.1, -0.05) is 18.2 Å². The summed E-state index contributed by atoms with van der Waals surface area (Å²) in [6.07, 6.45) is -1.54. The van der Waals surface area contributed by atoms with Crippen LogP contribution in [-0.4, -0.2) is 44.3 Å². The van der Waals surface area contributed by atoms with Gasteiger partial charge in [-0.15, -0.1) is 11.3 Å². The first kappa shape index (κ1) is 22.2. The molecule has 11 heteroatoms. The van der Waals surface area contributed by atoms with E-state index in [0.29, 0.717) is 0 Å². The lowest BCUT2D eigenvalue weighted by atomic mass is 10.1. The first-order valence-electron chi connectivity index (χ1n) is 9.40. The zero-order valence-electron chi connectivity index (χ0n) is 16.9. The molecule has 2 N–H and O–H groups in total. The number of imidazole rings is 1. The lowest BCUT2D eigenvalue weighted by Crippen LogP contribution is -2.21. The molecule has 5 rings (SSSR count). The van der Waals surface area contributed by atoms with Crippen molar-refractivity contribution in [3.05, 3.63) is 60.9 Å². The maximum absolute atomic E-state index is 10.6. The van der Waals surface area contributed by atoms with Crippen molar-refractivity contribution >= 4 is 38.6 Å². The lowest BCUT2D eigenvalue weighted by molar-refractivity contribution is -0.192. The number of carboxylic acid groups (broad SMARTS) is 1. The van der Waals surface area contributed by atoms with Crippen LogP contribution in [0.15, 0.2) is 60.9 Å². The van der Waals surface area contributed by atoms with Gasteiger partial charge in [-0.3, -0.25) is 4.98 Å². The minimum Gasteiger partial charge on any atom is -0.495 e. The molecule has 33 heavy (non-hydrogen) atoms. The fourth-order valence-corrected chi connectivity index (χ4v) is 3.90. The van der Waals surface area contributed by atoms with Gasteiger partial charge in [0, 0.05) is 11.8 Å². The van der Waals surface area contributed by atoms with Crippen LogP contribution in [0, 0.1) is 0 Å². The van der Waals surface area contributed by atoms with Crippen molar-refractivity contribution in [3.63, 3.8) is 0 Å². The molecule has 0 aliphatic carbocycles. The average Bonchev–Trinajstić information content (AvgIpc) is 3.42. The Hall–Kier alpha value is -3.99. The Kier molecular flexibility index (Phi) is 5.97. The van der Waals surface area contributed by atoms with Gasteiger partial charge in [-0.05, 0) is 35.9 Å². The van der Waals surface area contributed by atoms with Gasteiger partial charge in [-0.2, -0.15) is 13.2 Å². The Morgan fingerprint density at radius 2 is 1.79 bits per heavy atom. The highest BCUT2D eigenvalue weighted by molar-refractivity contribution is 7.21. The summed E-state index contributed by atoms with van der Waals surface area (Å²) < 4.78 is 38.1. The molecular weight excluding hydrogens is 457 g/mol. The first-order chi connectivity index (χ1) is 15.7. The van der Waals surface area contributed by atoms with E-state index < -0.39 is 12.1 Å². The summed E-state index contributed by atoms with van der Waals surface area (Å²) in [7, 11) is 1.65. The predicted molar refractivity (Wildman–Crippen MR) is 118 cm³/mol. The number of H-pyrrole nitrogens is 1. The van der Waals surface area contributed by atoms with Crippen LogP contribution >= 0.6 is 11.3 Å². The summed E-state index contributed by atoms with van der Waals surface area (Å²) in [4.78, 5) is 25.9. The minimum absolute atomic E-state index is 0.745. The van der Waals surface area contributed by atoms with E-state index in [9.17, 15) is 13.2 Å². The minimum atomic E-state index is -5.08. The van der Waals surface area contributed by atoms with Gasteiger partial charge >= 0.3 is 12.1 Å². The van der Waals surface area contributed by atoms with Crippen molar-refractivity contribution in [2.45, 2.75) is 6.18 Å². The second-order valence-electron chi connectivity index (χ2n) is 6.72. The summed E-state index contributed by atoms with van der Waals surface area (Å²) in [6.45, 7) is 0. The van der Waals surface area contributed by atoms with E-state index in [1.165, 1.54) is 0 Å². The van der Waals surface area contributed by atoms with Gasteiger partial charge in [0.1, 0.15) is 5.75 Å². The molecule has 0 atom stereocenters. The first-order valence-corrected chi connectivity index (χ1v) is 10.2. The van der Waals surface area contributed by atoms with E-state index in [1.807, 2.05) is 42.6 Å². The number of alkyl halides is 3. The van der Waals surface area contributed by atoms with Crippen molar-refractivity contribution < 1.29 is 27.8 Å². The Bertz CT molecular complexity index is 1410. The normalized spacial score (nSPS) is 11.3. The number of nitrogens with zero attached hydrogens (tertiary/aromatic N) is 3. The molecular formula is C22H15F3N4O3S.